The third kappa shape index (κ3) is 2.77. The number of hydrogen-bond acceptors (Lipinski definition) is 4. The van der Waals surface area contributed by atoms with Crippen LogP contribution in [-0.2, 0) is 17.1 Å². The first kappa shape index (κ1) is 15.5. The number of aromatic nitrogens is 2. The summed E-state index contributed by atoms with van der Waals surface area (Å²) in [7, 11) is -1.72. The molecule has 118 valence electrons. The van der Waals surface area contributed by atoms with Crippen molar-refractivity contribution < 1.29 is 8.42 Å². The maximum atomic E-state index is 12.9. The number of benzene rings is 1. The smallest absolute Gasteiger partial charge is 0.243 e. The van der Waals surface area contributed by atoms with Crippen LogP contribution in [0.1, 0.15) is 11.9 Å². The number of sulfonamides is 1. The highest BCUT2D eigenvalue weighted by atomic mass is 35.5. The number of aryl methyl sites for hydroxylation is 1. The molecule has 6 nitrogen and oxygen atoms in total. The maximum Gasteiger partial charge on any atom is 0.243 e. The summed E-state index contributed by atoms with van der Waals surface area (Å²) in [5.74, 6) is 0.727. The zero-order valence-electron chi connectivity index (χ0n) is 12.1. The summed E-state index contributed by atoms with van der Waals surface area (Å²) < 4.78 is 29.2. The Balaban J connectivity index is 2.00. The molecule has 1 aliphatic rings. The van der Waals surface area contributed by atoms with Crippen LogP contribution in [0.2, 0.25) is 5.02 Å². The van der Waals surface area contributed by atoms with Crippen molar-refractivity contribution in [1.29, 1.82) is 0 Å². The van der Waals surface area contributed by atoms with Crippen LogP contribution < -0.4 is 5.32 Å². The summed E-state index contributed by atoms with van der Waals surface area (Å²) in [6.07, 6.45) is 3.49. The molecule has 1 saturated heterocycles. The molecule has 8 heteroatoms. The Morgan fingerprint density at radius 2 is 2.05 bits per heavy atom. The quantitative estimate of drug-likeness (QED) is 0.917. The van der Waals surface area contributed by atoms with Crippen molar-refractivity contribution >= 4 is 21.6 Å². The molecule has 1 unspecified atom stereocenters. The molecule has 2 heterocycles. The average molecular weight is 341 g/mol. The summed E-state index contributed by atoms with van der Waals surface area (Å²) in [6, 6.07) is 5.93. The van der Waals surface area contributed by atoms with Crippen LogP contribution in [0.5, 0.6) is 0 Å². The van der Waals surface area contributed by atoms with Gasteiger partial charge in [-0.3, -0.25) is 0 Å². The third-order valence-corrected chi connectivity index (χ3v) is 5.95. The van der Waals surface area contributed by atoms with E-state index in [4.69, 9.17) is 11.6 Å². The van der Waals surface area contributed by atoms with Gasteiger partial charge in [0.25, 0.3) is 0 Å². The molecule has 2 aromatic rings. The normalized spacial score (nSPS) is 20.2. The molecule has 22 heavy (non-hydrogen) atoms. The fraction of sp³-hybridized carbons (Fsp3) is 0.357. The molecular formula is C14H17ClN4O2S. The molecule has 0 aliphatic carbocycles. The van der Waals surface area contributed by atoms with Gasteiger partial charge in [-0.05, 0) is 24.3 Å². The van der Waals surface area contributed by atoms with Gasteiger partial charge in [0.1, 0.15) is 5.82 Å². The molecule has 0 radical (unpaired) electrons. The Morgan fingerprint density at radius 1 is 1.32 bits per heavy atom. The molecule has 0 saturated carbocycles. The lowest BCUT2D eigenvalue weighted by Gasteiger charge is -2.34. The summed E-state index contributed by atoms with van der Waals surface area (Å²) in [6.45, 7) is 1.56. The van der Waals surface area contributed by atoms with Gasteiger partial charge in [0, 0.05) is 44.1 Å². The fourth-order valence-electron chi connectivity index (χ4n) is 2.63. The van der Waals surface area contributed by atoms with Crippen LogP contribution in [0.3, 0.4) is 0 Å². The predicted octanol–water partition coefficient (Wildman–Crippen LogP) is 1.41. The van der Waals surface area contributed by atoms with Gasteiger partial charge in [-0.2, -0.15) is 4.31 Å². The van der Waals surface area contributed by atoms with E-state index >= 15 is 0 Å². The van der Waals surface area contributed by atoms with Gasteiger partial charge in [-0.25, -0.2) is 13.4 Å². The van der Waals surface area contributed by atoms with E-state index in [0.717, 1.165) is 5.82 Å². The van der Waals surface area contributed by atoms with E-state index in [1.165, 1.54) is 16.4 Å². The Bertz CT molecular complexity index is 757. The Hall–Kier alpha value is -1.41. The number of imidazole rings is 1. The molecule has 1 aromatic carbocycles. The van der Waals surface area contributed by atoms with Crippen LogP contribution in [0.4, 0.5) is 0 Å². The van der Waals surface area contributed by atoms with Crippen LogP contribution in [0.15, 0.2) is 41.6 Å². The lowest BCUT2D eigenvalue weighted by Crippen LogP contribution is -2.49. The van der Waals surface area contributed by atoms with E-state index in [2.05, 4.69) is 10.3 Å². The van der Waals surface area contributed by atoms with Crippen molar-refractivity contribution in [2.45, 2.75) is 10.9 Å². The first-order valence-electron chi connectivity index (χ1n) is 6.95. The van der Waals surface area contributed by atoms with Crippen LogP contribution >= 0.6 is 11.6 Å². The van der Waals surface area contributed by atoms with Gasteiger partial charge in [0.15, 0.2) is 0 Å². The standard InChI is InChI=1S/C14H17ClN4O2S/c1-18-8-7-17-14(18)13-10-16-6-9-19(13)22(20,21)12-4-2-11(15)3-5-12/h2-5,7-8,13,16H,6,9-10H2,1H3. The monoisotopic (exact) mass is 340 g/mol. The first-order chi connectivity index (χ1) is 10.5. The predicted molar refractivity (Wildman–Crippen MR) is 84.2 cm³/mol. The lowest BCUT2D eigenvalue weighted by atomic mass is 10.2. The molecule has 3 rings (SSSR count). The molecule has 0 spiro atoms. The van der Waals surface area contributed by atoms with Crippen LogP contribution in [0, 0.1) is 0 Å². The SMILES string of the molecule is Cn1ccnc1C1CNCCN1S(=O)(=O)c1ccc(Cl)cc1. The minimum atomic E-state index is -3.59. The van der Waals surface area contributed by atoms with Gasteiger partial charge in [0.05, 0.1) is 10.9 Å². The highest BCUT2D eigenvalue weighted by Crippen LogP contribution is 2.28. The van der Waals surface area contributed by atoms with Crippen molar-refractivity contribution in [2.24, 2.45) is 7.05 Å². The third-order valence-electron chi connectivity index (χ3n) is 3.77. The van der Waals surface area contributed by atoms with Crippen molar-refractivity contribution in [3.8, 4) is 0 Å². The Labute approximate surface area is 134 Å². The number of rotatable bonds is 3. The van der Waals surface area contributed by atoms with E-state index in [1.807, 2.05) is 17.8 Å². The molecule has 0 bridgehead atoms. The number of hydrogen-bond donors (Lipinski definition) is 1. The zero-order chi connectivity index (χ0) is 15.7. The highest BCUT2D eigenvalue weighted by molar-refractivity contribution is 7.89. The topological polar surface area (TPSA) is 67.2 Å². The molecule has 1 N–H and O–H groups in total. The van der Waals surface area contributed by atoms with Crippen LogP contribution in [-0.4, -0.2) is 41.9 Å². The van der Waals surface area contributed by atoms with Crippen molar-refractivity contribution in [1.82, 2.24) is 19.2 Å². The second kappa shape index (κ2) is 6.00. The number of halogens is 1. The number of piperazine rings is 1. The summed E-state index contributed by atoms with van der Waals surface area (Å²) >= 11 is 5.85. The van der Waals surface area contributed by atoms with E-state index in [-0.39, 0.29) is 10.9 Å². The molecule has 1 aromatic heterocycles. The highest BCUT2D eigenvalue weighted by Gasteiger charge is 2.36. The number of nitrogens with one attached hydrogen (secondary N) is 1. The first-order valence-corrected chi connectivity index (χ1v) is 8.77. The second-order valence-corrected chi connectivity index (χ2v) is 7.51. The van der Waals surface area contributed by atoms with Gasteiger partial charge in [-0.1, -0.05) is 11.6 Å². The second-order valence-electron chi connectivity index (χ2n) is 5.19. The minimum absolute atomic E-state index is 0.248. The maximum absolute atomic E-state index is 12.9. The summed E-state index contributed by atoms with van der Waals surface area (Å²) in [4.78, 5) is 4.55. The van der Waals surface area contributed by atoms with E-state index in [1.54, 1.807) is 18.3 Å². The van der Waals surface area contributed by atoms with Gasteiger partial charge < -0.3 is 9.88 Å². The zero-order valence-corrected chi connectivity index (χ0v) is 13.7. The Morgan fingerprint density at radius 3 is 2.68 bits per heavy atom. The largest absolute Gasteiger partial charge is 0.337 e. The van der Waals surface area contributed by atoms with Crippen molar-refractivity contribution in [3.63, 3.8) is 0 Å². The van der Waals surface area contributed by atoms with Gasteiger partial charge in [-0.15, -0.1) is 0 Å². The molecule has 1 aliphatic heterocycles. The lowest BCUT2D eigenvalue weighted by molar-refractivity contribution is 0.258. The van der Waals surface area contributed by atoms with Crippen LogP contribution in [0.25, 0.3) is 0 Å². The fourth-order valence-corrected chi connectivity index (χ4v) is 4.35. The van der Waals surface area contributed by atoms with Gasteiger partial charge in [0.2, 0.25) is 10.0 Å². The molecule has 1 atom stereocenters. The van der Waals surface area contributed by atoms with Gasteiger partial charge >= 0.3 is 0 Å². The molecule has 1 fully saturated rings. The van der Waals surface area contributed by atoms with E-state index in [0.29, 0.717) is 24.7 Å². The molecule has 0 amide bonds. The van der Waals surface area contributed by atoms with E-state index in [9.17, 15) is 8.42 Å². The molecular weight excluding hydrogens is 324 g/mol. The number of nitrogens with zero attached hydrogens (tertiary/aromatic N) is 3. The van der Waals surface area contributed by atoms with Crippen molar-refractivity contribution in [3.05, 3.63) is 47.5 Å². The Kier molecular flexibility index (Phi) is 4.22. The van der Waals surface area contributed by atoms with E-state index < -0.39 is 10.0 Å². The summed E-state index contributed by atoms with van der Waals surface area (Å²) in [5.41, 5.74) is 0. The minimum Gasteiger partial charge on any atom is -0.337 e. The average Bonchev–Trinajstić information content (AvgIpc) is 2.94. The van der Waals surface area contributed by atoms with Crippen molar-refractivity contribution in [2.75, 3.05) is 19.6 Å². The summed E-state index contributed by atoms with van der Waals surface area (Å²) in [5, 5.41) is 3.75.